The molecule has 1 aromatic heterocycles. The summed E-state index contributed by atoms with van der Waals surface area (Å²) in [5, 5.41) is 0. The Morgan fingerprint density at radius 1 is 1.24 bits per heavy atom. The molecule has 0 saturated heterocycles. The van der Waals surface area contributed by atoms with E-state index in [1.54, 1.807) is 0 Å². The summed E-state index contributed by atoms with van der Waals surface area (Å²) in [5.41, 5.74) is 1.28. The Bertz CT molecular complexity index is 420. The highest BCUT2D eigenvalue weighted by molar-refractivity contribution is 5.23. The first-order chi connectivity index (χ1) is 7.80. The van der Waals surface area contributed by atoms with Crippen LogP contribution in [0.5, 0.6) is 0 Å². The third-order valence-corrected chi connectivity index (χ3v) is 3.03. The van der Waals surface area contributed by atoms with Crippen molar-refractivity contribution < 1.29 is 13.2 Å². The molecular formula is C11H16F3N3. The van der Waals surface area contributed by atoms with Gasteiger partial charge in [0.2, 0.25) is 5.82 Å². The van der Waals surface area contributed by atoms with E-state index < -0.39 is 12.0 Å². The highest BCUT2D eigenvalue weighted by Gasteiger charge is 2.40. The minimum Gasteiger partial charge on any atom is -0.322 e. The van der Waals surface area contributed by atoms with Gasteiger partial charge in [0.15, 0.2) is 0 Å². The normalized spacial score (nSPS) is 17.6. The number of fused-ring (bicyclic) bond motifs is 1. The van der Waals surface area contributed by atoms with E-state index in [1.807, 2.05) is 25.8 Å². The lowest BCUT2D eigenvalue weighted by Gasteiger charge is -2.26. The van der Waals surface area contributed by atoms with E-state index in [1.165, 1.54) is 4.57 Å². The van der Waals surface area contributed by atoms with Crippen molar-refractivity contribution in [1.82, 2.24) is 14.5 Å². The standard InChI is InChI=1S/C11H16F3N3/c1-7(2)9-8-6-16(3)4-5-17(8)10(15-9)11(12,13)14/h7H,4-6H2,1-3H3. The molecule has 0 aromatic carbocycles. The molecular weight excluding hydrogens is 231 g/mol. The smallest absolute Gasteiger partial charge is 0.322 e. The summed E-state index contributed by atoms with van der Waals surface area (Å²) in [7, 11) is 1.91. The second-order valence-corrected chi connectivity index (χ2v) is 4.81. The van der Waals surface area contributed by atoms with Gasteiger partial charge in [0.05, 0.1) is 11.4 Å². The van der Waals surface area contributed by atoms with Crippen molar-refractivity contribution in [3.8, 4) is 0 Å². The topological polar surface area (TPSA) is 21.1 Å². The van der Waals surface area contributed by atoms with Gasteiger partial charge in [0.1, 0.15) is 0 Å². The molecule has 17 heavy (non-hydrogen) atoms. The van der Waals surface area contributed by atoms with Crippen LogP contribution in [-0.2, 0) is 19.3 Å². The number of hydrogen-bond acceptors (Lipinski definition) is 2. The lowest BCUT2D eigenvalue weighted by atomic mass is 10.1. The zero-order valence-electron chi connectivity index (χ0n) is 10.2. The molecule has 0 bridgehead atoms. The first-order valence-electron chi connectivity index (χ1n) is 5.65. The summed E-state index contributed by atoms with van der Waals surface area (Å²) in [6.07, 6.45) is -4.36. The van der Waals surface area contributed by atoms with Crippen LogP contribution in [0.4, 0.5) is 13.2 Å². The van der Waals surface area contributed by atoms with Crippen LogP contribution in [0.3, 0.4) is 0 Å². The van der Waals surface area contributed by atoms with Crippen molar-refractivity contribution in [2.45, 2.75) is 39.0 Å². The van der Waals surface area contributed by atoms with Gasteiger partial charge in [-0.25, -0.2) is 4.98 Å². The van der Waals surface area contributed by atoms with Gasteiger partial charge >= 0.3 is 6.18 Å². The number of likely N-dealkylation sites (N-methyl/N-ethyl adjacent to an activating group) is 1. The summed E-state index contributed by atoms with van der Waals surface area (Å²) in [6.45, 7) is 5.27. The van der Waals surface area contributed by atoms with E-state index in [2.05, 4.69) is 4.98 Å². The SMILES string of the molecule is CC(C)c1nc(C(F)(F)F)n2c1CN(C)CC2. The average molecular weight is 247 g/mol. The molecule has 1 aliphatic heterocycles. The fraction of sp³-hybridized carbons (Fsp3) is 0.727. The average Bonchev–Trinajstić information content (AvgIpc) is 2.55. The Morgan fingerprint density at radius 2 is 1.88 bits per heavy atom. The van der Waals surface area contributed by atoms with Crippen LogP contribution in [0, 0.1) is 0 Å². The Balaban J connectivity index is 2.54. The summed E-state index contributed by atoms with van der Waals surface area (Å²) in [6, 6.07) is 0. The molecule has 0 N–H and O–H groups in total. The summed E-state index contributed by atoms with van der Waals surface area (Å²) < 4.78 is 39.9. The number of aromatic nitrogens is 2. The van der Waals surface area contributed by atoms with Gasteiger partial charge in [-0.15, -0.1) is 0 Å². The minimum atomic E-state index is -4.36. The second kappa shape index (κ2) is 4.01. The first-order valence-corrected chi connectivity index (χ1v) is 5.65. The van der Waals surface area contributed by atoms with Gasteiger partial charge in [0, 0.05) is 19.6 Å². The fourth-order valence-corrected chi connectivity index (χ4v) is 2.20. The van der Waals surface area contributed by atoms with Crippen LogP contribution in [0.1, 0.15) is 37.0 Å². The van der Waals surface area contributed by atoms with E-state index in [0.29, 0.717) is 31.0 Å². The molecule has 2 rings (SSSR count). The van der Waals surface area contributed by atoms with Crippen LogP contribution in [0.2, 0.25) is 0 Å². The number of halogens is 3. The minimum absolute atomic E-state index is 0.0128. The molecule has 1 aromatic rings. The van der Waals surface area contributed by atoms with E-state index in [9.17, 15) is 13.2 Å². The van der Waals surface area contributed by atoms with Gasteiger partial charge in [-0.2, -0.15) is 13.2 Å². The monoisotopic (exact) mass is 247 g/mol. The maximum Gasteiger partial charge on any atom is 0.449 e. The number of alkyl halides is 3. The van der Waals surface area contributed by atoms with Crippen molar-refractivity contribution in [3.05, 3.63) is 17.2 Å². The molecule has 0 radical (unpaired) electrons. The third kappa shape index (κ3) is 2.18. The van der Waals surface area contributed by atoms with Gasteiger partial charge < -0.3 is 4.57 Å². The van der Waals surface area contributed by atoms with Crippen molar-refractivity contribution in [2.24, 2.45) is 0 Å². The Morgan fingerprint density at radius 3 is 2.41 bits per heavy atom. The molecule has 96 valence electrons. The van der Waals surface area contributed by atoms with Crippen LogP contribution in [-0.4, -0.2) is 28.0 Å². The van der Waals surface area contributed by atoms with Gasteiger partial charge in [-0.3, -0.25) is 4.90 Å². The second-order valence-electron chi connectivity index (χ2n) is 4.81. The molecule has 2 heterocycles. The number of rotatable bonds is 1. The molecule has 0 spiro atoms. The van der Waals surface area contributed by atoms with Gasteiger partial charge in [-0.05, 0) is 13.0 Å². The van der Waals surface area contributed by atoms with Gasteiger partial charge in [-0.1, -0.05) is 13.8 Å². The van der Waals surface area contributed by atoms with E-state index in [4.69, 9.17) is 0 Å². The van der Waals surface area contributed by atoms with Crippen molar-refractivity contribution in [2.75, 3.05) is 13.6 Å². The molecule has 0 fully saturated rings. The van der Waals surface area contributed by atoms with Crippen molar-refractivity contribution in [1.29, 1.82) is 0 Å². The predicted molar refractivity (Wildman–Crippen MR) is 57.7 cm³/mol. The molecule has 0 aliphatic carbocycles. The van der Waals surface area contributed by atoms with E-state index in [-0.39, 0.29) is 5.92 Å². The third-order valence-electron chi connectivity index (χ3n) is 3.03. The molecule has 0 atom stereocenters. The highest BCUT2D eigenvalue weighted by atomic mass is 19.4. The Kier molecular flexibility index (Phi) is 2.93. The van der Waals surface area contributed by atoms with Crippen LogP contribution >= 0.6 is 0 Å². The van der Waals surface area contributed by atoms with Crippen molar-refractivity contribution >= 4 is 0 Å². The molecule has 0 amide bonds. The Labute approximate surface area is 98.2 Å². The first kappa shape index (κ1) is 12.4. The Hall–Kier alpha value is -1.04. The number of hydrogen-bond donors (Lipinski definition) is 0. The summed E-state index contributed by atoms with van der Waals surface area (Å²) >= 11 is 0. The lowest BCUT2D eigenvalue weighted by Crippen LogP contribution is -2.32. The quantitative estimate of drug-likeness (QED) is 0.760. The molecule has 0 saturated carbocycles. The molecule has 0 unspecified atom stereocenters. The number of nitrogens with zero attached hydrogens (tertiary/aromatic N) is 3. The zero-order valence-corrected chi connectivity index (χ0v) is 10.2. The fourth-order valence-electron chi connectivity index (χ4n) is 2.20. The summed E-state index contributed by atoms with van der Waals surface area (Å²) in [5.74, 6) is -0.733. The molecule has 1 aliphatic rings. The maximum atomic E-state index is 12.9. The van der Waals surface area contributed by atoms with Gasteiger partial charge in [0.25, 0.3) is 0 Å². The molecule has 3 nitrogen and oxygen atoms in total. The molecule has 6 heteroatoms. The summed E-state index contributed by atoms with van der Waals surface area (Å²) in [4.78, 5) is 5.83. The lowest BCUT2D eigenvalue weighted by molar-refractivity contribution is -0.147. The largest absolute Gasteiger partial charge is 0.449 e. The van der Waals surface area contributed by atoms with Crippen molar-refractivity contribution in [3.63, 3.8) is 0 Å². The van der Waals surface area contributed by atoms with Crippen LogP contribution in [0.25, 0.3) is 0 Å². The highest BCUT2D eigenvalue weighted by Crippen LogP contribution is 2.33. The van der Waals surface area contributed by atoms with E-state index in [0.717, 1.165) is 0 Å². The predicted octanol–water partition coefficient (Wildman–Crippen LogP) is 2.47. The van der Waals surface area contributed by atoms with Crippen LogP contribution in [0.15, 0.2) is 0 Å². The van der Waals surface area contributed by atoms with Crippen LogP contribution < -0.4 is 0 Å². The number of imidazole rings is 1. The maximum absolute atomic E-state index is 12.9. The zero-order chi connectivity index (χ0) is 12.8. The van der Waals surface area contributed by atoms with E-state index >= 15 is 0 Å².